The molecule has 0 bridgehead atoms. The predicted molar refractivity (Wildman–Crippen MR) is 107 cm³/mol. The topological polar surface area (TPSA) is 56.5 Å². The van der Waals surface area contributed by atoms with Crippen LogP contribution < -0.4 is 14.8 Å². The number of nitrogens with zero attached hydrogens (tertiary/aromatic N) is 3. The van der Waals surface area contributed by atoms with Gasteiger partial charge in [-0.15, -0.1) is 5.10 Å². The summed E-state index contributed by atoms with van der Waals surface area (Å²) in [5.74, 6) is 1.44. The molecule has 2 aromatic carbocycles. The molecule has 0 saturated carbocycles. The number of hydrogen-bond donors (Lipinski definition) is 0. The highest BCUT2D eigenvalue weighted by Crippen LogP contribution is 2.26. The number of ether oxygens (including phenoxy) is 1. The molecule has 0 unspecified atom stereocenters. The summed E-state index contributed by atoms with van der Waals surface area (Å²) in [5, 5.41) is 4.43. The van der Waals surface area contributed by atoms with Gasteiger partial charge in [-0.2, -0.15) is 9.50 Å². The van der Waals surface area contributed by atoms with Crippen LogP contribution in [0.1, 0.15) is 11.1 Å². The Morgan fingerprint density at radius 2 is 1.96 bits per heavy atom. The lowest BCUT2D eigenvalue weighted by Crippen LogP contribution is -2.24. The zero-order valence-electron chi connectivity index (χ0n) is 14.5. The number of aryl methyl sites for hydroxylation is 1. The van der Waals surface area contributed by atoms with E-state index >= 15 is 0 Å². The summed E-state index contributed by atoms with van der Waals surface area (Å²) in [6.45, 7) is 2.45. The highest BCUT2D eigenvalue weighted by Gasteiger charge is 2.14. The summed E-state index contributed by atoms with van der Waals surface area (Å²) in [6, 6.07) is 15.8. The number of fused-ring (bicyclic) bond motifs is 2. The van der Waals surface area contributed by atoms with Gasteiger partial charge in [-0.1, -0.05) is 53.8 Å². The third-order valence-corrected chi connectivity index (χ3v) is 5.50. The average molecular weight is 373 g/mol. The van der Waals surface area contributed by atoms with Gasteiger partial charge in [-0.3, -0.25) is 4.79 Å². The standard InChI is InChI=1S/C21H15N3O2S/c1-13-6-2-4-8-16(13)19-22-21-24(23-19)20(25)18(27-21)11-14-10-15-7-3-5-9-17(15)26-12-14/h2-11H,12H2,1H3. The summed E-state index contributed by atoms with van der Waals surface area (Å²) >= 11 is 1.35. The average Bonchev–Trinajstić information content (AvgIpc) is 3.22. The Morgan fingerprint density at radius 3 is 2.81 bits per heavy atom. The summed E-state index contributed by atoms with van der Waals surface area (Å²) < 4.78 is 7.75. The Hall–Kier alpha value is -3.25. The van der Waals surface area contributed by atoms with Gasteiger partial charge in [0.15, 0.2) is 5.82 Å². The predicted octanol–water partition coefficient (Wildman–Crippen LogP) is 3.10. The molecule has 132 valence electrons. The minimum absolute atomic E-state index is 0.151. The van der Waals surface area contributed by atoms with E-state index in [2.05, 4.69) is 10.1 Å². The molecule has 4 aromatic rings. The molecule has 0 aliphatic carbocycles. The molecule has 0 amide bonds. The van der Waals surface area contributed by atoms with E-state index in [1.807, 2.05) is 67.6 Å². The molecule has 3 heterocycles. The first-order valence-corrected chi connectivity index (χ1v) is 9.40. The van der Waals surface area contributed by atoms with Crippen LogP contribution in [0.3, 0.4) is 0 Å². The molecule has 0 spiro atoms. The molecule has 0 fully saturated rings. The van der Waals surface area contributed by atoms with Crippen molar-refractivity contribution >= 4 is 28.4 Å². The second-order valence-corrected chi connectivity index (χ2v) is 7.42. The van der Waals surface area contributed by atoms with E-state index < -0.39 is 0 Å². The van der Waals surface area contributed by atoms with E-state index in [0.717, 1.165) is 28.0 Å². The Morgan fingerprint density at radius 1 is 1.15 bits per heavy atom. The second-order valence-electron chi connectivity index (χ2n) is 6.41. The summed E-state index contributed by atoms with van der Waals surface area (Å²) in [5.41, 5.74) is 3.84. The van der Waals surface area contributed by atoms with Gasteiger partial charge in [-0.25, -0.2) is 0 Å². The molecule has 2 aromatic heterocycles. The molecule has 27 heavy (non-hydrogen) atoms. The van der Waals surface area contributed by atoms with E-state index in [9.17, 15) is 4.79 Å². The molecule has 1 aliphatic heterocycles. The largest absolute Gasteiger partial charge is 0.488 e. The fourth-order valence-corrected chi connectivity index (χ4v) is 4.08. The quantitative estimate of drug-likeness (QED) is 0.542. The minimum Gasteiger partial charge on any atom is -0.488 e. The zero-order chi connectivity index (χ0) is 18.4. The number of rotatable bonds is 2. The highest BCUT2D eigenvalue weighted by molar-refractivity contribution is 7.15. The van der Waals surface area contributed by atoms with E-state index in [1.165, 1.54) is 15.9 Å². The van der Waals surface area contributed by atoms with Crippen LogP contribution in [0.2, 0.25) is 0 Å². The van der Waals surface area contributed by atoms with Gasteiger partial charge in [0.2, 0.25) is 4.96 Å². The SMILES string of the molecule is Cc1ccccc1-c1nc2sc(=CC3=Cc4ccccc4OC3)c(=O)n2n1. The van der Waals surface area contributed by atoms with Gasteiger partial charge in [0.25, 0.3) is 5.56 Å². The van der Waals surface area contributed by atoms with Gasteiger partial charge in [0, 0.05) is 11.1 Å². The fraction of sp³-hybridized carbons (Fsp3) is 0.0952. The van der Waals surface area contributed by atoms with Crippen molar-refractivity contribution in [1.82, 2.24) is 14.6 Å². The number of aromatic nitrogens is 3. The van der Waals surface area contributed by atoms with E-state index in [-0.39, 0.29) is 5.56 Å². The molecule has 5 nitrogen and oxygen atoms in total. The monoisotopic (exact) mass is 373 g/mol. The Balaban J connectivity index is 1.58. The van der Waals surface area contributed by atoms with E-state index in [4.69, 9.17) is 4.74 Å². The van der Waals surface area contributed by atoms with Crippen LogP contribution in [0.15, 0.2) is 58.9 Å². The van der Waals surface area contributed by atoms with Crippen LogP contribution in [0.5, 0.6) is 5.75 Å². The maximum Gasteiger partial charge on any atom is 0.291 e. The van der Waals surface area contributed by atoms with Crippen LogP contribution in [0.4, 0.5) is 0 Å². The zero-order valence-corrected chi connectivity index (χ0v) is 15.4. The Bertz CT molecular complexity index is 1320. The van der Waals surface area contributed by atoms with Crippen molar-refractivity contribution in [3.63, 3.8) is 0 Å². The number of para-hydroxylation sites is 1. The summed E-state index contributed by atoms with van der Waals surface area (Å²) in [7, 11) is 0. The van der Waals surface area contributed by atoms with Crippen molar-refractivity contribution in [3.05, 3.63) is 80.1 Å². The first-order chi connectivity index (χ1) is 13.2. The molecule has 5 rings (SSSR count). The van der Waals surface area contributed by atoms with Crippen LogP contribution in [0, 0.1) is 6.92 Å². The van der Waals surface area contributed by atoms with Crippen LogP contribution in [-0.4, -0.2) is 21.2 Å². The smallest absolute Gasteiger partial charge is 0.291 e. The molecule has 0 radical (unpaired) electrons. The van der Waals surface area contributed by atoms with Crippen molar-refractivity contribution in [2.24, 2.45) is 0 Å². The van der Waals surface area contributed by atoms with Crippen molar-refractivity contribution < 1.29 is 4.74 Å². The maximum atomic E-state index is 12.7. The Kier molecular flexibility index (Phi) is 3.65. The van der Waals surface area contributed by atoms with Gasteiger partial charge in [0.05, 0.1) is 4.53 Å². The van der Waals surface area contributed by atoms with Gasteiger partial charge in [0.1, 0.15) is 12.4 Å². The van der Waals surface area contributed by atoms with Crippen LogP contribution >= 0.6 is 11.3 Å². The van der Waals surface area contributed by atoms with Crippen molar-refractivity contribution in [3.8, 4) is 17.1 Å². The third-order valence-electron chi connectivity index (χ3n) is 4.54. The van der Waals surface area contributed by atoms with E-state index in [1.54, 1.807) is 0 Å². The molecule has 1 aliphatic rings. The normalized spacial score (nSPS) is 14.1. The van der Waals surface area contributed by atoms with Gasteiger partial charge >= 0.3 is 0 Å². The molecule has 0 N–H and O–H groups in total. The second kappa shape index (κ2) is 6.17. The van der Waals surface area contributed by atoms with Crippen molar-refractivity contribution in [2.75, 3.05) is 6.61 Å². The summed E-state index contributed by atoms with van der Waals surface area (Å²) in [4.78, 5) is 17.9. The highest BCUT2D eigenvalue weighted by atomic mass is 32.1. The van der Waals surface area contributed by atoms with Crippen LogP contribution in [-0.2, 0) is 0 Å². The molecular formula is C21H15N3O2S. The van der Waals surface area contributed by atoms with Crippen molar-refractivity contribution in [1.29, 1.82) is 0 Å². The lowest BCUT2D eigenvalue weighted by atomic mass is 10.1. The Labute approximate surface area is 158 Å². The molecular weight excluding hydrogens is 358 g/mol. The molecule has 6 heteroatoms. The fourth-order valence-electron chi connectivity index (χ4n) is 3.16. The number of benzene rings is 2. The lowest BCUT2D eigenvalue weighted by Gasteiger charge is -2.15. The first kappa shape index (κ1) is 16.0. The minimum atomic E-state index is -0.151. The first-order valence-electron chi connectivity index (χ1n) is 8.59. The van der Waals surface area contributed by atoms with Gasteiger partial charge < -0.3 is 4.74 Å². The third kappa shape index (κ3) is 2.74. The van der Waals surface area contributed by atoms with E-state index in [0.29, 0.717) is 21.9 Å². The number of hydrogen-bond acceptors (Lipinski definition) is 5. The lowest BCUT2D eigenvalue weighted by molar-refractivity contribution is 0.352. The molecule has 0 saturated heterocycles. The van der Waals surface area contributed by atoms with Gasteiger partial charge in [-0.05, 0) is 36.3 Å². The number of thiazole rings is 1. The summed E-state index contributed by atoms with van der Waals surface area (Å²) in [6.07, 6.45) is 3.92. The maximum absolute atomic E-state index is 12.7. The van der Waals surface area contributed by atoms with Crippen molar-refractivity contribution in [2.45, 2.75) is 6.92 Å². The van der Waals surface area contributed by atoms with Crippen LogP contribution in [0.25, 0.3) is 28.5 Å². The molecule has 0 atom stereocenters.